The van der Waals surface area contributed by atoms with Crippen LogP contribution < -0.4 is 5.73 Å². The van der Waals surface area contributed by atoms with Crippen molar-refractivity contribution in [3.63, 3.8) is 0 Å². The molecule has 1 aliphatic heterocycles. The van der Waals surface area contributed by atoms with Gasteiger partial charge in [-0.15, -0.1) is 10.2 Å². The molecular weight excluding hydrogens is 164 g/mol. The third kappa shape index (κ3) is 1.58. The van der Waals surface area contributed by atoms with Crippen LogP contribution in [0.5, 0.6) is 0 Å². The molecule has 4 nitrogen and oxygen atoms in total. The summed E-state index contributed by atoms with van der Waals surface area (Å²) < 4.78 is 2.19. The van der Waals surface area contributed by atoms with Gasteiger partial charge in [-0.05, 0) is 19.8 Å². The number of rotatable bonds is 1. The largest absolute Gasteiger partial charge is 0.322 e. The van der Waals surface area contributed by atoms with Crippen LogP contribution in [0.2, 0.25) is 0 Å². The SMILES string of the molecule is CC(N)c1nnc2n1CCCCC2. The topological polar surface area (TPSA) is 56.7 Å². The zero-order valence-electron chi connectivity index (χ0n) is 8.03. The van der Waals surface area contributed by atoms with Crippen molar-refractivity contribution >= 4 is 0 Å². The van der Waals surface area contributed by atoms with Gasteiger partial charge >= 0.3 is 0 Å². The molecule has 0 saturated heterocycles. The summed E-state index contributed by atoms with van der Waals surface area (Å²) in [5, 5.41) is 8.30. The fraction of sp³-hybridized carbons (Fsp3) is 0.778. The van der Waals surface area contributed by atoms with Crippen molar-refractivity contribution < 1.29 is 0 Å². The van der Waals surface area contributed by atoms with Gasteiger partial charge < -0.3 is 10.3 Å². The van der Waals surface area contributed by atoms with Crippen LogP contribution in [0.1, 0.15) is 43.9 Å². The van der Waals surface area contributed by atoms with E-state index in [0.717, 1.165) is 24.6 Å². The van der Waals surface area contributed by atoms with Gasteiger partial charge in [-0.1, -0.05) is 6.42 Å². The van der Waals surface area contributed by atoms with Crippen LogP contribution in [0, 0.1) is 0 Å². The molecule has 0 aliphatic carbocycles. The molecule has 0 radical (unpaired) electrons. The van der Waals surface area contributed by atoms with Crippen molar-refractivity contribution in [2.45, 2.75) is 45.2 Å². The summed E-state index contributed by atoms with van der Waals surface area (Å²) in [4.78, 5) is 0. The summed E-state index contributed by atoms with van der Waals surface area (Å²) >= 11 is 0. The number of nitrogens with two attached hydrogens (primary N) is 1. The Balaban J connectivity index is 2.34. The predicted octanol–water partition coefficient (Wildman–Crippen LogP) is 1.02. The summed E-state index contributed by atoms with van der Waals surface area (Å²) in [5.41, 5.74) is 5.81. The lowest BCUT2D eigenvalue weighted by atomic mass is 10.2. The first-order valence-corrected chi connectivity index (χ1v) is 4.96. The molecule has 0 aromatic carbocycles. The number of aromatic nitrogens is 3. The summed E-state index contributed by atoms with van der Waals surface area (Å²) in [6.45, 7) is 3.00. The molecule has 4 heteroatoms. The normalized spacial score (nSPS) is 19.2. The van der Waals surface area contributed by atoms with E-state index in [9.17, 15) is 0 Å². The van der Waals surface area contributed by atoms with Crippen molar-refractivity contribution in [3.8, 4) is 0 Å². The Hall–Kier alpha value is -0.900. The van der Waals surface area contributed by atoms with Gasteiger partial charge in [0.2, 0.25) is 0 Å². The molecule has 0 bridgehead atoms. The molecule has 0 spiro atoms. The smallest absolute Gasteiger partial charge is 0.149 e. The van der Waals surface area contributed by atoms with E-state index in [1.54, 1.807) is 0 Å². The van der Waals surface area contributed by atoms with Crippen LogP contribution in [-0.4, -0.2) is 14.8 Å². The zero-order chi connectivity index (χ0) is 9.26. The lowest BCUT2D eigenvalue weighted by Crippen LogP contribution is -2.14. The van der Waals surface area contributed by atoms with E-state index in [4.69, 9.17) is 5.73 Å². The molecule has 1 aliphatic rings. The molecule has 1 unspecified atom stereocenters. The van der Waals surface area contributed by atoms with Crippen molar-refractivity contribution in [2.24, 2.45) is 5.73 Å². The van der Waals surface area contributed by atoms with E-state index in [2.05, 4.69) is 14.8 Å². The van der Waals surface area contributed by atoms with Gasteiger partial charge in [0.05, 0.1) is 6.04 Å². The summed E-state index contributed by atoms with van der Waals surface area (Å²) in [5.74, 6) is 2.06. The first kappa shape index (κ1) is 8.69. The minimum Gasteiger partial charge on any atom is -0.322 e. The van der Waals surface area contributed by atoms with E-state index < -0.39 is 0 Å². The van der Waals surface area contributed by atoms with E-state index in [1.165, 1.54) is 19.3 Å². The second kappa shape index (κ2) is 3.46. The van der Waals surface area contributed by atoms with Crippen LogP contribution in [0.4, 0.5) is 0 Å². The Labute approximate surface area is 78.1 Å². The van der Waals surface area contributed by atoms with Crippen molar-refractivity contribution in [1.29, 1.82) is 0 Å². The molecule has 0 fully saturated rings. The summed E-state index contributed by atoms with van der Waals surface area (Å²) in [7, 11) is 0. The van der Waals surface area contributed by atoms with Gasteiger partial charge in [-0.25, -0.2) is 0 Å². The molecule has 0 amide bonds. The number of hydrogen-bond donors (Lipinski definition) is 1. The third-order valence-electron chi connectivity index (χ3n) is 2.55. The van der Waals surface area contributed by atoms with Gasteiger partial charge in [0.25, 0.3) is 0 Å². The van der Waals surface area contributed by atoms with Crippen LogP contribution in [0.15, 0.2) is 0 Å². The van der Waals surface area contributed by atoms with Gasteiger partial charge in [-0.2, -0.15) is 0 Å². The number of nitrogens with zero attached hydrogens (tertiary/aromatic N) is 3. The second-order valence-corrected chi connectivity index (χ2v) is 3.73. The first-order chi connectivity index (χ1) is 6.29. The van der Waals surface area contributed by atoms with E-state index in [-0.39, 0.29) is 6.04 Å². The molecule has 1 aromatic rings. The van der Waals surface area contributed by atoms with Gasteiger partial charge in [0, 0.05) is 13.0 Å². The van der Waals surface area contributed by atoms with Gasteiger partial charge in [0.1, 0.15) is 11.6 Å². The Bertz CT molecular complexity index is 290. The zero-order valence-corrected chi connectivity index (χ0v) is 8.03. The Kier molecular flexibility index (Phi) is 2.31. The van der Waals surface area contributed by atoms with Crippen molar-refractivity contribution in [3.05, 3.63) is 11.6 Å². The first-order valence-electron chi connectivity index (χ1n) is 4.96. The highest BCUT2D eigenvalue weighted by atomic mass is 15.3. The summed E-state index contributed by atoms with van der Waals surface area (Å²) in [6.07, 6.45) is 4.81. The number of hydrogen-bond acceptors (Lipinski definition) is 3. The fourth-order valence-corrected chi connectivity index (χ4v) is 1.84. The number of aryl methyl sites for hydroxylation is 1. The summed E-state index contributed by atoms with van der Waals surface area (Å²) in [6, 6.07) is -0.000602. The molecule has 13 heavy (non-hydrogen) atoms. The highest BCUT2D eigenvalue weighted by Gasteiger charge is 2.16. The quantitative estimate of drug-likeness (QED) is 0.702. The highest BCUT2D eigenvalue weighted by molar-refractivity contribution is 5.00. The lowest BCUT2D eigenvalue weighted by molar-refractivity contribution is 0.579. The third-order valence-corrected chi connectivity index (χ3v) is 2.55. The maximum atomic E-state index is 5.81. The molecule has 2 N–H and O–H groups in total. The van der Waals surface area contributed by atoms with Crippen LogP contribution >= 0.6 is 0 Å². The highest BCUT2D eigenvalue weighted by Crippen LogP contribution is 2.16. The van der Waals surface area contributed by atoms with E-state index >= 15 is 0 Å². The van der Waals surface area contributed by atoms with Gasteiger partial charge in [-0.3, -0.25) is 0 Å². The molecule has 2 heterocycles. The Morgan fingerprint density at radius 3 is 2.92 bits per heavy atom. The minimum atomic E-state index is -0.000602. The lowest BCUT2D eigenvalue weighted by Gasteiger charge is -2.08. The van der Waals surface area contributed by atoms with Crippen LogP contribution in [-0.2, 0) is 13.0 Å². The van der Waals surface area contributed by atoms with Crippen molar-refractivity contribution in [2.75, 3.05) is 0 Å². The average molecular weight is 180 g/mol. The molecule has 1 aromatic heterocycles. The van der Waals surface area contributed by atoms with E-state index in [0.29, 0.717) is 0 Å². The fourth-order valence-electron chi connectivity index (χ4n) is 1.84. The predicted molar refractivity (Wildman–Crippen MR) is 50.2 cm³/mol. The number of fused-ring (bicyclic) bond motifs is 1. The minimum absolute atomic E-state index is 0.000602. The van der Waals surface area contributed by atoms with Gasteiger partial charge in [0.15, 0.2) is 0 Å². The second-order valence-electron chi connectivity index (χ2n) is 3.73. The molecule has 0 saturated carbocycles. The maximum absolute atomic E-state index is 5.81. The average Bonchev–Trinajstić information content (AvgIpc) is 2.36. The molecule has 1 atom stereocenters. The molecule has 72 valence electrons. The van der Waals surface area contributed by atoms with Crippen molar-refractivity contribution in [1.82, 2.24) is 14.8 Å². The van der Waals surface area contributed by atoms with Crippen LogP contribution in [0.25, 0.3) is 0 Å². The Morgan fingerprint density at radius 2 is 2.15 bits per heavy atom. The molecule has 2 rings (SSSR count). The van der Waals surface area contributed by atoms with E-state index in [1.807, 2.05) is 6.92 Å². The monoisotopic (exact) mass is 180 g/mol. The Morgan fingerprint density at radius 1 is 1.31 bits per heavy atom. The maximum Gasteiger partial charge on any atom is 0.149 e. The molecular formula is C9H16N4. The standard InChI is InChI=1S/C9H16N4/c1-7(10)9-12-11-8-5-3-2-4-6-13(8)9/h7H,2-6,10H2,1H3. The van der Waals surface area contributed by atoms with Crippen LogP contribution in [0.3, 0.4) is 0 Å².